The second-order valence-corrected chi connectivity index (χ2v) is 6.95. The maximum absolute atomic E-state index is 11.6. The minimum absolute atomic E-state index is 0.303. The SMILES string of the molecule is CC1C(C)(C)c2ccccc2[N+]1(C)S(=O)(=O)[O-]. The van der Waals surface area contributed by atoms with Crippen molar-refractivity contribution in [2.75, 3.05) is 7.05 Å². The van der Waals surface area contributed by atoms with Crippen LogP contribution in [0.1, 0.15) is 26.3 Å². The first kappa shape index (κ1) is 12.5. The van der Waals surface area contributed by atoms with Crippen LogP contribution in [-0.4, -0.2) is 26.1 Å². The average Bonchev–Trinajstić information content (AvgIpc) is 2.39. The predicted octanol–water partition coefficient (Wildman–Crippen LogP) is 1.76. The summed E-state index contributed by atoms with van der Waals surface area (Å²) in [5, 5.41) is 0. The zero-order valence-corrected chi connectivity index (χ0v) is 11.3. The first-order valence-electron chi connectivity index (χ1n) is 5.55. The van der Waals surface area contributed by atoms with Crippen LogP contribution in [0.5, 0.6) is 0 Å². The average molecular weight is 255 g/mol. The number of quaternary nitrogens is 1. The third-order valence-corrected chi connectivity index (χ3v) is 5.77. The van der Waals surface area contributed by atoms with Crippen molar-refractivity contribution in [3.8, 4) is 0 Å². The van der Waals surface area contributed by atoms with Crippen molar-refractivity contribution in [1.29, 1.82) is 0 Å². The van der Waals surface area contributed by atoms with E-state index in [4.69, 9.17) is 0 Å². The molecule has 17 heavy (non-hydrogen) atoms. The number of nitrogens with zero attached hydrogens (tertiary/aromatic N) is 1. The Balaban J connectivity index is 2.83. The molecule has 2 unspecified atom stereocenters. The topological polar surface area (TPSA) is 57.2 Å². The van der Waals surface area contributed by atoms with Gasteiger partial charge in [0.25, 0.3) is 10.3 Å². The van der Waals surface area contributed by atoms with Crippen LogP contribution in [0.25, 0.3) is 0 Å². The molecule has 0 N–H and O–H groups in total. The molecular weight excluding hydrogens is 238 g/mol. The van der Waals surface area contributed by atoms with E-state index in [1.807, 2.05) is 32.9 Å². The highest BCUT2D eigenvalue weighted by Gasteiger charge is 2.56. The number of benzene rings is 1. The van der Waals surface area contributed by atoms with Crippen molar-refractivity contribution < 1.29 is 13.0 Å². The van der Waals surface area contributed by atoms with Gasteiger partial charge in [0.1, 0.15) is 6.04 Å². The second-order valence-electron chi connectivity index (χ2n) is 5.33. The van der Waals surface area contributed by atoms with Gasteiger partial charge in [-0.15, -0.1) is 0 Å². The van der Waals surface area contributed by atoms with Gasteiger partial charge in [-0.1, -0.05) is 18.2 Å². The standard InChI is InChI=1S/C12H17NO3S/c1-9-12(2,3)10-7-5-6-8-11(10)13(9,4)17(14,15)16/h5-9H,1-4H3. The maximum Gasteiger partial charge on any atom is 0.259 e. The molecule has 0 aliphatic carbocycles. The molecule has 1 aliphatic rings. The van der Waals surface area contributed by atoms with Crippen molar-refractivity contribution in [2.45, 2.75) is 32.2 Å². The number of rotatable bonds is 1. The molecule has 1 heterocycles. The summed E-state index contributed by atoms with van der Waals surface area (Å²) < 4.78 is 34.3. The highest BCUT2D eigenvalue weighted by Crippen LogP contribution is 2.50. The van der Waals surface area contributed by atoms with Crippen LogP contribution >= 0.6 is 0 Å². The van der Waals surface area contributed by atoms with Crippen molar-refractivity contribution in [1.82, 2.24) is 3.89 Å². The fourth-order valence-corrected chi connectivity index (χ4v) is 3.82. The van der Waals surface area contributed by atoms with E-state index < -0.39 is 14.2 Å². The molecule has 2 rings (SSSR count). The summed E-state index contributed by atoms with van der Waals surface area (Å²) in [5.41, 5.74) is 1.21. The quantitative estimate of drug-likeness (QED) is 0.567. The summed E-state index contributed by atoms with van der Waals surface area (Å²) in [6, 6.07) is 6.98. The number of para-hydroxylation sites is 1. The van der Waals surface area contributed by atoms with E-state index in [0.29, 0.717) is 5.69 Å². The number of likely N-dealkylation sites (N-methyl/N-ethyl adjacent to an activating group) is 1. The molecule has 4 nitrogen and oxygen atoms in total. The summed E-state index contributed by atoms with van der Waals surface area (Å²) in [4.78, 5) is 0. The van der Waals surface area contributed by atoms with Crippen LogP contribution in [0.2, 0.25) is 0 Å². The van der Waals surface area contributed by atoms with Crippen LogP contribution in [0, 0.1) is 0 Å². The molecule has 0 aromatic heterocycles. The smallest absolute Gasteiger partial charge is 0.259 e. The van der Waals surface area contributed by atoms with E-state index in [9.17, 15) is 13.0 Å². The zero-order chi connectivity index (χ0) is 13.1. The lowest BCUT2D eigenvalue weighted by Gasteiger charge is -2.38. The maximum atomic E-state index is 11.6. The molecule has 0 fully saturated rings. The van der Waals surface area contributed by atoms with Gasteiger partial charge in [0, 0.05) is 17.0 Å². The second kappa shape index (κ2) is 3.31. The lowest BCUT2D eigenvalue weighted by atomic mass is 9.81. The minimum atomic E-state index is -4.45. The van der Waals surface area contributed by atoms with Crippen LogP contribution in [0.15, 0.2) is 24.3 Å². The minimum Gasteiger partial charge on any atom is -0.701 e. The van der Waals surface area contributed by atoms with Gasteiger partial charge in [-0.05, 0) is 20.8 Å². The normalized spacial score (nSPS) is 31.2. The summed E-state index contributed by atoms with van der Waals surface area (Å²) >= 11 is 0. The summed E-state index contributed by atoms with van der Waals surface area (Å²) in [6.07, 6.45) is 0. The Bertz CT molecular complexity index is 565. The number of hydrogen-bond donors (Lipinski definition) is 0. The first-order valence-corrected chi connectivity index (χ1v) is 6.92. The highest BCUT2D eigenvalue weighted by molar-refractivity contribution is 7.85. The van der Waals surface area contributed by atoms with Crippen LogP contribution in [0.3, 0.4) is 0 Å². The van der Waals surface area contributed by atoms with E-state index >= 15 is 0 Å². The van der Waals surface area contributed by atoms with Gasteiger partial charge in [0.15, 0.2) is 5.69 Å². The summed E-state index contributed by atoms with van der Waals surface area (Å²) in [7, 11) is -2.96. The third-order valence-electron chi connectivity index (χ3n) is 4.32. The van der Waals surface area contributed by atoms with E-state index in [2.05, 4.69) is 0 Å². The molecule has 1 aliphatic heterocycles. The fourth-order valence-electron chi connectivity index (χ4n) is 2.77. The lowest BCUT2D eigenvalue weighted by Crippen LogP contribution is -2.57. The number of fused-ring (bicyclic) bond motifs is 1. The Kier molecular flexibility index (Phi) is 2.44. The van der Waals surface area contributed by atoms with E-state index in [1.54, 1.807) is 12.1 Å². The molecule has 1 aromatic carbocycles. The molecule has 1 aromatic rings. The Morgan fingerprint density at radius 1 is 1.29 bits per heavy atom. The van der Waals surface area contributed by atoms with Crippen LogP contribution in [0.4, 0.5) is 5.69 Å². The zero-order valence-electron chi connectivity index (χ0n) is 10.5. The largest absolute Gasteiger partial charge is 0.701 e. The van der Waals surface area contributed by atoms with Gasteiger partial charge >= 0.3 is 0 Å². The molecule has 0 spiro atoms. The molecule has 0 amide bonds. The Hall–Kier alpha value is -0.910. The summed E-state index contributed by atoms with van der Waals surface area (Å²) in [6.45, 7) is 5.77. The highest BCUT2D eigenvalue weighted by atomic mass is 32.2. The Morgan fingerprint density at radius 3 is 2.35 bits per heavy atom. The van der Waals surface area contributed by atoms with Gasteiger partial charge in [-0.2, -0.15) is 12.3 Å². The molecule has 2 atom stereocenters. The van der Waals surface area contributed by atoms with Crippen LogP contribution in [-0.2, 0) is 15.7 Å². The monoisotopic (exact) mass is 255 g/mol. The molecular formula is C12H17NO3S. The Labute approximate surface area is 102 Å². The number of hydrogen-bond acceptors (Lipinski definition) is 3. The Morgan fingerprint density at radius 2 is 1.82 bits per heavy atom. The van der Waals surface area contributed by atoms with Crippen molar-refractivity contribution in [2.24, 2.45) is 0 Å². The molecule has 5 heteroatoms. The molecule has 0 saturated heterocycles. The molecule has 0 radical (unpaired) electrons. The predicted molar refractivity (Wildman–Crippen MR) is 66.3 cm³/mol. The van der Waals surface area contributed by atoms with Gasteiger partial charge in [0.05, 0.1) is 7.05 Å². The van der Waals surface area contributed by atoms with E-state index in [-0.39, 0.29) is 11.5 Å². The fraction of sp³-hybridized carbons (Fsp3) is 0.500. The lowest BCUT2D eigenvalue weighted by molar-refractivity contribution is 0.281. The van der Waals surface area contributed by atoms with Gasteiger partial charge in [-0.3, -0.25) is 0 Å². The molecule has 94 valence electrons. The van der Waals surface area contributed by atoms with E-state index in [0.717, 1.165) is 5.56 Å². The van der Waals surface area contributed by atoms with E-state index in [1.165, 1.54) is 7.05 Å². The first-order chi connectivity index (χ1) is 7.63. The van der Waals surface area contributed by atoms with Crippen LogP contribution < -0.4 is 3.89 Å². The molecule has 0 saturated carbocycles. The third kappa shape index (κ3) is 1.39. The summed E-state index contributed by atoms with van der Waals surface area (Å²) in [5.74, 6) is 0. The molecule has 0 bridgehead atoms. The van der Waals surface area contributed by atoms with Crippen molar-refractivity contribution in [3.05, 3.63) is 29.8 Å². The van der Waals surface area contributed by atoms with Gasteiger partial charge in [0.2, 0.25) is 0 Å². The van der Waals surface area contributed by atoms with Gasteiger partial charge in [-0.25, -0.2) is 0 Å². The van der Waals surface area contributed by atoms with Crippen molar-refractivity contribution in [3.63, 3.8) is 0 Å². The van der Waals surface area contributed by atoms with Crippen molar-refractivity contribution >= 4 is 16.0 Å². The van der Waals surface area contributed by atoms with Gasteiger partial charge < -0.3 is 4.55 Å².